The zero-order valence-corrected chi connectivity index (χ0v) is 15.7. The molecule has 0 aromatic heterocycles. The molecule has 0 N–H and O–H groups in total. The second-order valence-electron chi connectivity index (χ2n) is 8.21. The highest BCUT2D eigenvalue weighted by atomic mass is 19.1. The lowest BCUT2D eigenvalue weighted by atomic mass is 9.78. The van der Waals surface area contributed by atoms with E-state index < -0.39 is 29.6 Å². The van der Waals surface area contributed by atoms with Crippen molar-refractivity contribution in [2.24, 2.45) is 5.41 Å². The summed E-state index contributed by atoms with van der Waals surface area (Å²) in [7, 11) is 0.882. The monoisotopic (exact) mass is 349 g/mol. The van der Waals surface area contributed by atoms with Crippen molar-refractivity contribution in [1.29, 1.82) is 0 Å². The molecule has 2 fully saturated rings. The lowest BCUT2D eigenvalue weighted by molar-refractivity contribution is -0.154. The summed E-state index contributed by atoms with van der Waals surface area (Å²) in [5, 5.41) is 0. The minimum Gasteiger partial charge on any atom is -0.399 e. The molecule has 1 aromatic rings. The number of carbonyl (C=O) groups is 1. The lowest BCUT2D eigenvalue weighted by Gasteiger charge is -2.39. The van der Waals surface area contributed by atoms with Gasteiger partial charge in [-0.3, -0.25) is 4.79 Å². The van der Waals surface area contributed by atoms with E-state index in [2.05, 4.69) is 0 Å². The van der Waals surface area contributed by atoms with E-state index in [-0.39, 0.29) is 5.91 Å². The Labute approximate surface area is 148 Å². The van der Waals surface area contributed by atoms with Crippen LogP contribution in [-0.4, -0.2) is 44.5 Å². The number of anilines is 1. The molecule has 1 aromatic carbocycles. The van der Waals surface area contributed by atoms with Crippen molar-refractivity contribution in [3.8, 4) is 0 Å². The van der Waals surface area contributed by atoms with Gasteiger partial charge in [-0.2, -0.15) is 0 Å². The minimum atomic E-state index is -0.766. The van der Waals surface area contributed by atoms with Gasteiger partial charge in [-0.1, -0.05) is 6.07 Å². The highest BCUT2D eigenvalue weighted by molar-refractivity contribution is 6.62. The number of nitrogens with zero attached hydrogens (tertiary/aromatic N) is 1. The maximum Gasteiger partial charge on any atom is 0.497 e. The highest BCUT2D eigenvalue weighted by Crippen LogP contribution is 2.37. The largest absolute Gasteiger partial charge is 0.497 e. The second-order valence-corrected chi connectivity index (χ2v) is 8.21. The summed E-state index contributed by atoms with van der Waals surface area (Å²) in [5.41, 5.74) is -0.768. The van der Waals surface area contributed by atoms with Crippen LogP contribution in [0.2, 0.25) is 0 Å². The number of ether oxygens (including phenoxy) is 1. The van der Waals surface area contributed by atoms with Gasteiger partial charge in [0.2, 0.25) is 5.91 Å². The van der Waals surface area contributed by atoms with Gasteiger partial charge < -0.3 is 18.9 Å². The van der Waals surface area contributed by atoms with Crippen LogP contribution in [0.4, 0.5) is 10.1 Å². The van der Waals surface area contributed by atoms with E-state index in [1.165, 1.54) is 11.0 Å². The van der Waals surface area contributed by atoms with Crippen LogP contribution in [-0.2, 0) is 18.8 Å². The van der Waals surface area contributed by atoms with Gasteiger partial charge in [-0.05, 0) is 46.8 Å². The molecule has 0 bridgehead atoms. The summed E-state index contributed by atoms with van der Waals surface area (Å²) in [5.74, 6) is -0.535. The fourth-order valence-electron chi connectivity index (χ4n) is 2.94. The Hall–Kier alpha value is -1.44. The quantitative estimate of drug-likeness (QED) is 0.785. The van der Waals surface area contributed by atoms with Gasteiger partial charge in [0, 0.05) is 18.2 Å². The first-order valence-corrected chi connectivity index (χ1v) is 8.48. The Morgan fingerprint density at radius 3 is 2.12 bits per heavy atom. The second kappa shape index (κ2) is 5.79. The molecular weight excluding hydrogens is 324 g/mol. The Morgan fingerprint density at radius 2 is 1.68 bits per heavy atom. The molecular formula is C18H25BFNO4. The van der Waals surface area contributed by atoms with Gasteiger partial charge in [-0.25, -0.2) is 4.39 Å². The summed E-state index contributed by atoms with van der Waals surface area (Å²) in [6.07, 6.45) is 0. The zero-order valence-electron chi connectivity index (χ0n) is 15.7. The third kappa shape index (κ3) is 2.98. The molecule has 0 atom stereocenters. The van der Waals surface area contributed by atoms with E-state index in [9.17, 15) is 9.18 Å². The maximum absolute atomic E-state index is 14.7. The molecule has 0 spiro atoms. The Kier molecular flexibility index (Phi) is 4.25. The number of hydrogen-bond donors (Lipinski definition) is 0. The van der Waals surface area contributed by atoms with Crippen molar-refractivity contribution in [3.63, 3.8) is 0 Å². The van der Waals surface area contributed by atoms with E-state index in [0.717, 1.165) is 0 Å². The third-order valence-electron chi connectivity index (χ3n) is 5.54. The summed E-state index contributed by atoms with van der Waals surface area (Å²) in [4.78, 5) is 14.0. The van der Waals surface area contributed by atoms with Crippen molar-refractivity contribution < 1.29 is 23.2 Å². The van der Waals surface area contributed by atoms with Gasteiger partial charge in [0.1, 0.15) is 5.82 Å². The molecule has 5 nitrogen and oxygen atoms in total. The number of hydrogen-bond acceptors (Lipinski definition) is 4. The highest BCUT2D eigenvalue weighted by Gasteiger charge is 2.52. The molecule has 2 aliphatic heterocycles. The molecule has 2 aliphatic rings. The smallest absolute Gasteiger partial charge is 0.399 e. The molecule has 3 rings (SSSR count). The topological polar surface area (TPSA) is 48.0 Å². The van der Waals surface area contributed by atoms with Crippen LogP contribution in [0.25, 0.3) is 0 Å². The van der Waals surface area contributed by atoms with Gasteiger partial charge in [0.05, 0.1) is 29.8 Å². The van der Waals surface area contributed by atoms with Crippen molar-refractivity contribution in [2.45, 2.75) is 45.8 Å². The Bertz CT molecular complexity index is 686. The minimum absolute atomic E-state index is 0.0819. The van der Waals surface area contributed by atoms with Gasteiger partial charge in [0.25, 0.3) is 0 Å². The predicted octanol–water partition coefficient (Wildman–Crippen LogP) is 2.12. The van der Waals surface area contributed by atoms with E-state index in [0.29, 0.717) is 24.4 Å². The fourth-order valence-corrected chi connectivity index (χ4v) is 2.94. The number of amides is 1. The maximum atomic E-state index is 14.7. The number of halogens is 1. The predicted molar refractivity (Wildman–Crippen MR) is 94.5 cm³/mol. The molecule has 136 valence electrons. The standard InChI is InChI=1S/C18H25BFNO4/c1-16(2)17(3,4)25-19(24-16)13-8-7-12(9-14(13)20)21(6)15(22)18(5)10-23-11-18/h7-9H,10-11H2,1-6H3. The van der Waals surface area contributed by atoms with Crippen molar-refractivity contribution in [1.82, 2.24) is 0 Å². The molecule has 0 aliphatic carbocycles. The summed E-state index contributed by atoms with van der Waals surface area (Å²) >= 11 is 0. The molecule has 2 heterocycles. The number of rotatable bonds is 3. The fraction of sp³-hybridized carbons (Fsp3) is 0.611. The zero-order chi connectivity index (χ0) is 18.6. The van der Waals surface area contributed by atoms with Crippen molar-refractivity contribution >= 4 is 24.2 Å². The van der Waals surface area contributed by atoms with Crippen LogP contribution < -0.4 is 10.4 Å². The average molecular weight is 349 g/mol. The SMILES string of the molecule is CN(C(=O)C1(C)COC1)c1ccc(B2OC(C)(C)C(C)(C)O2)c(F)c1. The molecule has 2 saturated heterocycles. The summed E-state index contributed by atoms with van der Waals surface area (Å²) < 4.78 is 31.6. The third-order valence-corrected chi connectivity index (χ3v) is 5.54. The van der Waals surface area contributed by atoms with E-state index in [1.54, 1.807) is 19.2 Å². The first-order chi connectivity index (χ1) is 11.5. The van der Waals surface area contributed by atoms with E-state index in [4.69, 9.17) is 14.0 Å². The van der Waals surface area contributed by atoms with Gasteiger partial charge in [0.15, 0.2) is 0 Å². The number of carbonyl (C=O) groups excluding carboxylic acids is 1. The van der Waals surface area contributed by atoms with Crippen LogP contribution >= 0.6 is 0 Å². The molecule has 0 unspecified atom stereocenters. The molecule has 0 saturated carbocycles. The van der Waals surface area contributed by atoms with Crippen LogP contribution in [0.3, 0.4) is 0 Å². The van der Waals surface area contributed by atoms with E-state index in [1.807, 2.05) is 34.6 Å². The lowest BCUT2D eigenvalue weighted by Crippen LogP contribution is -2.52. The molecule has 25 heavy (non-hydrogen) atoms. The molecule has 0 radical (unpaired) electrons. The molecule has 7 heteroatoms. The Balaban J connectivity index is 1.81. The molecule has 1 amide bonds. The van der Waals surface area contributed by atoms with E-state index >= 15 is 0 Å². The average Bonchev–Trinajstić information content (AvgIpc) is 2.71. The summed E-state index contributed by atoms with van der Waals surface area (Å²) in [6, 6.07) is 4.68. The van der Waals surface area contributed by atoms with Gasteiger partial charge in [-0.15, -0.1) is 0 Å². The van der Waals surface area contributed by atoms with Crippen molar-refractivity contribution in [2.75, 3.05) is 25.2 Å². The van der Waals surface area contributed by atoms with Crippen LogP contribution in [0.5, 0.6) is 0 Å². The van der Waals surface area contributed by atoms with Crippen molar-refractivity contribution in [3.05, 3.63) is 24.0 Å². The first kappa shape index (κ1) is 18.4. The Morgan fingerprint density at radius 1 is 1.12 bits per heavy atom. The van der Waals surface area contributed by atoms with Gasteiger partial charge >= 0.3 is 7.12 Å². The van der Waals surface area contributed by atoms with Crippen LogP contribution in [0.1, 0.15) is 34.6 Å². The first-order valence-electron chi connectivity index (χ1n) is 8.48. The van der Waals surface area contributed by atoms with Crippen LogP contribution in [0, 0.1) is 11.2 Å². The van der Waals surface area contributed by atoms with Crippen LogP contribution in [0.15, 0.2) is 18.2 Å². The summed E-state index contributed by atoms with van der Waals surface area (Å²) in [6.45, 7) is 10.3. The normalized spacial score (nSPS) is 23.2. The number of benzene rings is 1.